The number of nitrogens with zero attached hydrogens (tertiary/aromatic N) is 1. The molecule has 0 radical (unpaired) electrons. The molecule has 164 valence electrons. The van der Waals surface area contributed by atoms with E-state index in [-0.39, 0.29) is 18.0 Å². The number of hydrogen-bond donors (Lipinski definition) is 1. The van der Waals surface area contributed by atoms with Gasteiger partial charge in [0.15, 0.2) is 0 Å². The van der Waals surface area contributed by atoms with Crippen LogP contribution in [0.3, 0.4) is 0 Å². The SMILES string of the molecule is CS(=O)(=O)N(Cc1ccc(C(=O)NC23CC4CC(CC(C4)C2)C3)cc1)c1ccccc1. The number of rotatable bonds is 6. The maximum Gasteiger partial charge on any atom is 0.251 e. The fraction of sp³-hybridized carbons (Fsp3) is 0.480. The largest absolute Gasteiger partial charge is 0.347 e. The first-order valence-corrected chi connectivity index (χ1v) is 13.1. The summed E-state index contributed by atoms with van der Waals surface area (Å²) in [5.41, 5.74) is 2.12. The standard InChI is InChI=1S/C25H30N2O3S/c1-31(29,30)27(23-5-3-2-4-6-23)17-18-7-9-22(10-8-18)24(28)26-25-14-19-11-20(15-25)13-21(12-19)16-25/h2-10,19-21H,11-17H2,1H3,(H,26,28). The van der Waals surface area contributed by atoms with Gasteiger partial charge in [0.2, 0.25) is 10.0 Å². The molecule has 0 saturated heterocycles. The van der Waals surface area contributed by atoms with Crippen molar-refractivity contribution < 1.29 is 13.2 Å². The molecule has 4 bridgehead atoms. The summed E-state index contributed by atoms with van der Waals surface area (Å²) >= 11 is 0. The van der Waals surface area contributed by atoms with E-state index in [1.54, 1.807) is 12.1 Å². The fourth-order valence-electron chi connectivity index (χ4n) is 6.50. The minimum atomic E-state index is -3.42. The molecule has 0 spiro atoms. The Morgan fingerprint density at radius 2 is 1.48 bits per heavy atom. The molecule has 6 rings (SSSR count). The molecule has 4 aliphatic rings. The Morgan fingerprint density at radius 1 is 0.935 bits per heavy atom. The number of amides is 1. The lowest BCUT2D eigenvalue weighted by molar-refractivity contribution is -0.0167. The molecule has 0 atom stereocenters. The van der Waals surface area contributed by atoms with Gasteiger partial charge >= 0.3 is 0 Å². The van der Waals surface area contributed by atoms with Crippen molar-refractivity contribution in [3.8, 4) is 0 Å². The Hall–Kier alpha value is -2.34. The second-order valence-electron chi connectivity index (χ2n) is 9.95. The smallest absolute Gasteiger partial charge is 0.251 e. The van der Waals surface area contributed by atoms with Gasteiger partial charge in [0, 0.05) is 11.1 Å². The van der Waals surface area contributed by atoms with E-state index in [2.05, 4.69) is 5.32 Å². The lowest BCUT2D eigenvalue weighted by Gasteiger charge is -2.56. The quantitative estimate of drug-likeness (QED) is 0.729. The zero-order chi connectivity index (χ0) is 21.6. The van der Waals surface area contributed by atoms with Crippen LogP contribution in [0, 0.1) is 17.8 Å². The van der Waals surface area contributed by atoms with Crippen LogP contribution in [0.25, 0.3) is 0 Å². The molecule has 4 fully saturated rings. The second kappa shape index (κ2) is 7.66. The number of nitrogens with one attached hydrogen (secondary N) is 1. The van der Waals surface area contributed by atoms with E-state index in [0.29, 0.717) is 11.3 Å². The highest BCUT2D eigenvalue weighted by atomic mass is 32.2. The normalized spacial score (nSPS) is 29.0. The molecule has 0 unspecified atom stereocenters. The molecule has 1 amide bonds. The molecule has 4 aliphatic carbocycles. The van der Waals surface area contributed by atoms with Crippen molar-refractivity contribution >= 4 is 21.6 Å². The predicted octanol–water partition coefficient (Wildman–Crippen LogP) is 4.35. The first kappa shape index (κ1) is 20.6. The van der Waals surface area contributed by atoms with Crippen LogP contribution in [-0.2, 0) is 16.6 Å². The number of carbonyl (C=O) groups excluding carboxylic acids is 1. The van der Waals surface area contributed by atoms with Gasteiger partial charge < -0.3 is 5.32 Å². The summed E-state index contributed by atoms with van der Waals surface area (Å²) in [4.78, 5) is 13.0. The molecule has 2 aromatic rings. The van der Waals surface area contributed by atoms with Crippen LogP contribution in [0.5, 0.6) is 0 Å². The number of sulfonamides is 1. The molecule has 1 N–H and O–H groups in total. The van der Waals surface area contributed by atoms with Gasteiger partial charge in [-0.1, -0.05) is 30.3 Å². The van der Waals surface area contributed by atoms with Crippen molar-refractivity contribution in [1.29, 1.82) is 0 Å². The van der Waals surface area contributed by atoms with Crippen LogP contribution in [0.1, 0.15) is 54.4 Å². The molecular weight excluding hydrogens is 408 g/mol. The molecule has 0 aromatic heterocycles. The van der Waals surface area contributed by atoms with Gasteiger partial charge in [0.05, 0.1) is 18.5 Å². The Kier molecular flexibility index (Phi) is 5.08. The van der Waals surface area contributed by atoms with Gasteiger partial charge in [-0.15, -0.1) is 0 Å². The monoisotopic (exact) mass is 438 g/mol. The zero-order valence-corrected chi connectivity index (χ0v) is 18.8. The van der Waals surface area contributed by atoms with Gasteiger partial charge in [0.25, 0.3) is 5.91 Å². The molecule has 6 heteroatoms. The molecule has 5 nitrogen and oxygen atoms in total. The first-order chi connectivity index (χ1) is 14.8. The summed E-state index contributed by atoms with van der Waals surface area (Å²) in [7, 11) is -3.42. The number of benzene rings is 2. The summed E-state index contributed by atoms with van der Waals surface area (Å²) in [5.74, 6) is 2.35. The van der Waals surface area contributed by atoms with Crippen LogP contribution in [-0.4, -0.2) is 26.1 Å². The summed E-state index contributed by atoms with van der Waals surface area (Å²) in [6.07, 6.45) is 8.65. The van der Waals surface area contributed by atoms with Crippen LogP contribution in [0.2, 0.25) is 0 Å². The van der Waals surface area contributed by atoms with E-state index < -0.39 is 10.0 Å². The Morgan fingerprint density at radius 3 is 2.00 bits per heavy atom. The fourth-order valence-corrected chi connectivity index (χ4v) is 7.39. The highest BCUT2D eigenvalue weighted by molar-refractivity contribution is 7.92. The maximum absolute atomic E-state index is 13.0. The number of para-hydroxylation sites is 1. The second-order valence-corrected chi connectivity index (χ2v) is 11.9. The van der Waals surface area contributed by atoms with E-state index in [0.717, 1.165) is 42.6 Å². The summed E-state index contributed by atoms with van der Waals surface area (Å²) < 4.78 is 26.0. The van der Waals surface area contributed by atoms with E-state index in [1.165, 1.54) is 29.8 Å². The van der Waals surface area contributed by atoms with E-state index in [4.69, 9.17) is 0 Å². The van der Waals surface area contributed by atoms with Gasteiger partial charge in [-0.3, -0.25) is 9.10 Å². The Balaban J connectivity index is 1.29. The highest BCUT2D eigenvalue weighted by Gasteiger charge is 2.51. The number of carbonyl (C=O) groups is 1. The summed E-state index contributed by atoms with van der Waals surface area (Å²) in [6, 6.07) is 16.4. The zero-order valence-electron chi connectivity index (χ0n) is 18.0. The van der Waals surface area contributed by atoms with Gasteiger partial charge in [0.1, 0.15) is 0 Å². The van der Waals surface area contributed by atoms with Gasteiger partial charge in [-0.2, -0.15) is 0 Å². The molecular formula is C25H30N2O3S. The molecule has 31 heavy (non-hydrogen) atoms. The number of anilines is 1. The van der Waals surface area contributed by atoms with Gasteiger partial charge in [-0.25, -0.2) is 8.42 Å². The van der Waals surface area contributed by atoms with Crippen LogP contribution in [0.15, 0.2) is 54.6 Å². The van der Waals surface area contributed by atoms with Crippen molar-refractivity contribution in [2.24, 2.45) is 17.8 Å². The van der Waals surface area contributed by atoms with Crippen molar-refractivity contribution in [3.05, 3.63) is 65.7 Å². The minimum Gasteiger partial charge on any atom is -0.347 e. The molecule has 0 heterocycles. The first-order valence-electron chi connectivity index (χ1n) is 11.2. The Labute approximate surface area is 184 Å². The molecule has 0 aliphatic heterocycles. The van der Waals surface area contributed by atoms with E-state index >= 15 is 0 Å². The third-order valence-corrected chi connectivity index (χ3v) is 8.54. The summed E-state index contributed by atoms with van der Waals surface area (Å²) in [5, 5.41) is 3.41. The average Bonchev–Trinajstić information content (AvgIpc) is 2.71. The molecule has 2 aromatic carbocycles. The van der Waals surface area contributed by atoms with Gasteiger partial charge in [-0.05, 0) is 86.1 Å². The molecule has 4 saturated carbocycles. The number of hydrogen-bond acceptors (Lipinski definition) is 3. The maximum atomic E-state index is 13.0. The lowest BCUT2D eigenvalue weighted by atomic mass is 9.53. The topological polar surface area (TPSA) is 66.5 Å². The van der Waals surface area contributed by atoms with Crippen LogP contribution >= 0.6 is 0 Å². The highest BCUT2D eigenvalue weighted by Crippen LogP contribution is 2.55. The van der Waals surface area contributed by atoms with Crippen molar-refractivity contribution in [2.45, 2.75) is 50.6 Å². The van der Waals surface area contributed by atoms with Crippen molar-refractivity contribution in [1.82, 2.24) is 5.32 Å². The predicted molar refractivity (Wildman–Crippen MR) is 122 cm³/mol. The third kappa shape index (κ3) is 4.22. The van der Waals surface area contributed by atoms with Crippen LogP contribution in [0.4, 0.5) is 5.69 Å². The minimum absolute atomic E-state index is 0.00321. The summed E-state index contributed by atoms with van der Waals surface area (Å²) in [6.45, 7) is 0.236. The van der Waals surface area contributed by atoms with E-state index in [9.17, 15) is 13.2 Å². The van der Waals surface area contributed by atoms with Crippen molar-refractivity contribution in [2.75, 3.05) is 10.6 Å². The lowest BCUT2D eigenvalue weighted by Crippen LogP contribution is -2.59. The third-order valence-electron chi connectivity index (χ3n) is 7.40. The van der Waals surface area contributed by atoms with E-state index in [1.807, 2.05) is 42.5 Å². The van der Waals surface area contributed by atoms with Crippen molar-refractivity contribution in [3.63, 3.8) is 0 Å². The average molecular weight is 439 g/mol. The Bertz CT molecular complexity index is 1030. The van der Waals surface area contributed by atoms with Crippen LogP contribution < -0.4 is 9.62 Å².